The Labute approximate surface area is 83.3 Å². The zero-order valence-electron chi connectivity index (χ0n) is 8.31. The molecular formula is C10H15N3O. The zero-order valence-corrected chi connectivity index (χ0v) is 8.31. The molecule has 1 aromatic rings. The summed E-state index contributed by atoms with van der Waals surface area (Å²) in [4.78, 5) is 12.9. The predicted molar refractivity (Wildman–Crippen MR) is 53.6 cm³/mol. The number of nitrogens with zero attached hydrogens (tertiary/aromatic N) is 2. The summed E-state index contributed by atoms with van der Waals surface area (Å²) in [6, 6.07) is 4.42. The summed E-state index contributed by atoms with van der Waals surface area (Å²) < 4.78 is 2.22. The SMILES string of the molecule is C[C@@H]1c2cccn2CCN1CC(N)=O. The molecule has 1 aliphatic rings. The van der Waals surface area contributed by atoms with E-state index in [4.69, 9.17) is 5.73 Å². The summed E-state index contributed by atoms with van der Waals surface area (Å²) in [5, 5.41) is 0. The van der Waals surface area contributed by atoms with Gasteiger partial charge in [0.15, 0.2) is 0 Å². The second kappa shape index (κ2) is 3.46. The van der Waals surface area contributed by atoms with Gasteiger partial charge in [-0.2, -0.15) is 0 Å². The molecule has 0 radical (unpaired) electrons. The van der Waals surface area contributed by atoms with Crippen LogP contribution in [0.4, 0.5) is 0 Å². The van der Waals surface area contributed by atoms with Crippen LogP contribution in [0, 0.1) is 0 Å². The molecular weight excluding hydrogens is 178 g/mol. The molecule has 1 aromatic heterocycles. The van der Waals surface area contributed by atoms with Crippen molar-refractivity contribution in [3.8, 4) is 0 Å². The lowest BCUT2D eigenvalue weighted by Crippen LogP contribution is -2.41. The smallest absolute Gasteiger partial charge is 0.231 e. The van der Waals surface area contributed by atoms with Gasteiger partial charge in [-0.1, -0.05) is 0 Å². The van der Waals surface area contributed by atoms with Crippen molar-refractivity contribution in [2.75, 3.05) is 13.1 Å². The Morgan fingerprint density at radius 1 is 1.64 bits per heavy atom. The van der Waals surface area contributed by atoms with E-state index in [9.17, 15) is 4.79 Å². The molecule has 0 aliphatic carbocycles. The van der Waals surface area contributed by atoms with Crippen LogP contribution in [0.25, 0.3) is 0 Å². The molecule has 0 saturated heterocycles. The zero-order chi connectivity index (χ0) is 10.1. The van der Waals surface area contributed by atoms with E-state index in [1.165, 1.54) is 5.69 Å². The lowest BCUT2D eigenvalue weighted by atomic mass is 10.1. The van der Waals surface area contributed by atoms with Gasteiger partial charge in [-0.15, -0.1) is 0 Å². The van der Waals surface area contributed by atoms with Crippen molar-refractivity contribution < 1.29 is 4.79 Å². The Morgan fingerprint density at radius 2 is 2.43 bits per heavy atom. The molecule has 0 bridgehead atoms. The number of primary amides is 1. The molecule has 2 N–H and O–H groups in total. The van der Waals surface area contributed by atoms with Gasteiger partial charge in [-0.25, -0.2) is 0 Å². The second-order valence-corrected chi connectivity index (χ2v) is 3.74. The third-order valence-corrected chi connectivity index (χ3v) is 2.83. The van der Waals surface area contributed by atoms with Crippen molar-refractivity contribution >= 4 is 5.91 Å². The number of fused-ring (bicyclic) bond motifs is 1. The molecule has 2 rings (SSSR count). The van der Waals surface area contributed by atoms with E-state index in [0.29, 0.717) is 6.54 Å². The van der Waals surface area contributed by atoms with Gasteiger partial charge < -0.3 is 10.3 Å². The maximum atomic E-state index is 10.8. The van der Waals surface area contributed by atoms with Crippen LogP contribution in [0.15, 0.2) is 18.3 Å². The first-order valence-electron chi connectivity index (χ1n) is 4.86. The van der Waals surface area contributed by atoms with E-state index in [1.807, 2.05) is 6.07 Å². The molecule has 2 heterocycles. The summed E-state index contributed by atoms with van der Waals surface area (Å²) in [5.74, 6) is -0.253. The highest BCUT2D eigenvalue weighted by Crippen LogP contribution is 2.24. The van der Waals surface area contributed by atoms with Crippen LogP contribution in [-0.2, 0) is 11.3 Å². The lowest BCUT2D eigenvalue weighted by Gasteiger charge is -2.33. The molecule has 0 unspecified atom stereocenters. The maximum Gasteiger partial charge on any atom is 0.231 e. The van der Waals surface area contributed by atoms with E-state index in [-0.39, 0.29) is 11.9 Å². The van der Waals surface area contributed by atoms with Crippen LogP contribution in [0.1, 0.15) is 18.7 Å². The van der Waals surface area contributed by atoms with Gasteiger partial charge in [0.25, 0.3) is 0 Å². The highest BCUT2D eigenvalue weighted by Gasteiger charge is 2.23. The number of hydrogen-bond acceptors (Lipinski definition) is 2. The Balaban J connectivity index is 2.16. The van der Waals surface area contributed by atoms with Crippen LogP contribution in [0.2, 0.25) is 0 Å². The van der Waals surface area contributed by atoms with Crippen LogP contribution in [0.5, 0.6) is 0 Å². The Bertz CT molecular complexity index is 345. The van der Waals surface area contributed by atoms with Crippen LogP contribution < -0.4 is 5.73 Å². The first-order chi connectivity index (χ1) is 6.68. The largest absolute Gasteiger partial charge is 0.369 e. The number of nitrogens with two attached hydrogens (primary N) is 1. The van der Waals surface area contributed by atoms with Crippen molar-refractivity contribution in [1.82, 2.24) is 9.47 Å². The Kier molecular flexibility index (Phi) is 2.29. The van der Waals surface area contributed by atoms with E-state index in [0.717, 1.165) is 13.1 Å². The van der Waals surface area contributed by atoms with Crippen molar-refractivity contribution in [2.24, 2.45) is 5.73 Å². The number of aromatic nitrogens is 1. The van der Waals surface area contributed by atoms with Crippen LogP contribution in [0.3, 0.4) is 0 Å². The molecule has 1 atom stereocenters. The van der Waals surface area contributed by atoms with Gasteiger partial charge in [0.1, 0.15) is 0 Å². The first kappa shape index (κ1) is 9.27. The Hall–Kier alpha value is -1.29. The topological polar surface area (TPSA) is 51.3 Å². The van der Waals surface area contributed by atoms with Gasteiger partial charge in [-0.3, -0.25) is 9.69 Å². The molecule has 1 aliphatic heterocycles. The van der Waals surface area contributed by atoms with Gasteiger partial charge in [-0.05, 0) is 19.1 Å². The fourth-order valence-corrected chi connectivity index (χ4v) is 2.04. The molecule has 4 heteroatoms. The summed E-state index contributed by atoms with van der Waals surface area (Å²) >= 11 is 0. The molecule has 1 amide bonds. The summed E-state index contributed by atoms with van der Waals surface area (Å²) in [6.45, 7) is 4.30. The van der Waals surface area contributed by atoms with Crippen molar-refractivity contribution in [3.05, 3.63) is 24.0 Å². The van der Waals surface area contributed by atoms with E-state index < -0.39 is 0 Å². The maximum absolute atomic E-state index is 10.8. The molecule has 14 heavy (non-hydrogen) atoms. The van der Waals surface area contributed by atoms with Crippen LogP contribution in [-0.4, -0.2) is 28.5 Å². The van der Waals surface area contributed by atoms with Crippen LogP contribution >= 0.6 is 0 Å². The number of carbonyl (C=O) groups is 1. The average Bonchev–Trinajstić information content (AvgIpc) is 2.57. The summed E-state index contributed by atoms with van der Waals surface area (Å²) in [6.07, 6.45) is 2.08. The predicted octanol–water partition coefficient (Wildman–Crippen LogP) is 0.350. The van der Waals surface area contributed by atoms with Crippen molar-refractivity contribution in [1.29, 1.82) is 0 Å². The lowest BCUT2D eigenvalue weighted by molar-refractivity contribution is -0.119. The highest BCUT2D eigenvalue weighted by atomic mass is 16.1. The normalized spacial score (nSPS) is 21.9. The number of amides is 1. The molecule has 4 nitrogen and oxygen atoms in total. The van der Waals surface area contributed by atoms with E-state index >= 15 is 0 Å². The molecule has 76 valence electrons. The molecule has 0 aromatic carbocycles. The molecule has 0 spiro atoms. The minimum absolute atomic E-state index is 0.253. The number of rotatable bonds is 2. The van der Waals surface area contributed by atoms with Crippen molar-refractivity contribution in [2.45, 2.75) is 19.5 Å². The molecule has 0 saturated carbocycles. The quantitative estimate of drug-likeness (QED) is 0.736. The van der Waals surface area contributed by atoms with Gasteiger partial charge in [0, 0.05) is 31.0 Å². The van der Waals surface area contributed by atoms with Gasteiger partial charge >= 0.3 is 0 Å². The molecule has 0 fully saturated rings. The van der Waals surface area contributed by atoms with Crippen molar-refractivity contribution in [3.63, 3.8) is 0 Å². The van der Waals surface area contributed by atoms with Gasteiger partial charge in [0.05, 0.1) is 6.54 Å². The summed E-state index contributed by atoms with van der Waals surface area (Å²) in [5.41, 5.74) is 6.45. The second-order valence-electron chi connectivity index (χ2n) is 3.74. The number of hydrogen-bond donors (Lipinski definition) is 1. The summed E-state index contributed by atoms with van der Waals surface area (Å²) in [7, 11) is 0. The average molecular weight is 193 g/mol. The minimum Gasteiger partial charge on any atom is -0.369 e. The Morgan fingerprint density at radius 3 is 3.14 bits per heavy atom. The van der Waals surface area contributed by atoms with E-state index in [2.05, 4.69) is 28.7 Å². The van der Waals surface area contributed by atoms with Gasteiger partial charge in [0.2, 0.25) is 5.91 Å². The highest BCUT2D eigenvalue weighted by molar-refractivity contribution is 5.76. The fraction of sp³-hybridized carbons (Fsp3) is 0.500. The first-order valence-corrected chi connectivity index (χ1v) is 4.86. The third kappa shape index (κ3) is 1.53. The minimum atomic E-state index is -0.253. The number of carbonyl (C=O) groups excluding carboxylic acids is 1. The fourth-order valence-electron chi connectivity index (χ4n) is 2.04. The monoisotopic (exact) mass is 193 g/mol. The third-order valence-electron chi connectivity index (χ3n) is 2.83. The van der Waals surface area contributed by atoms with E-state index in [1.54, 1.807) is 0 Å². The standard InChI is InChI=1S/C10H15N3O/c1-8-9-3-2-4-12(9)5-6-13(8)7-10(11)14/h2-4,8H,5-7H2,1H3,(H2,11,14)/t8-/m1/s1.